The van der Waals surface area contributed by atoms with E-state index >= 15 is 0 Å². The van der Waals surface area contributed by atoms with Crippen LogP contribution < -0.4 is 5.73 Å². The third kappa shape index (κ3) is 3.70. The van der Waals surface area contributed by atoms with E-state index in [0.717, 1.165) is 7.11 Å². The number of benzene rings is 1. The Morgan fingerprint density at radius 3 is 2.21 bits per heavy atom. The van der Waals surface area contributed by atoms with Crippen molar-refractivity contribution in [1.29, 1.82) is 0 Å². The summed E-state index contributed by atoms with van der Waals surface area (Å²) >= 11 is 0. The lowest BCUT2D eigenvalue weighted by atomic mass is 9.76. The Bertz CT molecular complexity index is 420. The number of methoxy groups -OCH3 is 1. The molecular formula is C13H16F3NO2. The molecule has 2 N–H and O–H groups in total. The van der Waals surface area contributed by atoms with Crippen LogP contribution in [0.5, 0.6) is 0 Å². The van der Waals surface area contributed by atoms with E-state index in [1.807, 2.05) is 0 Å². The minimum atomic E-state index is -4.34. The second kappa shape index (κ2) is 6.06. The number of hydrogen-bond donors (Lipinski definition) is 1. The van der Waals surface area contributed by atoms with Gasteiger partial charge in [0.25, 0.3) is 0 Å². The number of carbonyl (C=O) groups is 1. The van der Waals surface area contributed by atoms with Gasteiger partial charge in [-0.25, -0.2) is 0 Å². The smallest absolute Gasteiger partial charge is 0.389 e. The first-order valence-electron chi connectivity index (χ1n) is 5.76. The van der Waals surface area contributed by atoms with Crippen molar-refractivity contribution in [2.45, 2.75) is 24.4 Å². The van der Waals surface area contributed by atoms with Crippen LogP contribution in [0.15, 0.2) is 30.3 Å². The average molecular weight is 275 g/mol. The van der Waals surface area contributed by atoms with Gasteiger partial charge in [0.05, 0.1) is 7.11 Å². The van der Waals surface area contributed by atoms with E-state index in [9.17, 15) is 18.0 Å². The highest BCUT2D eigenvalue weighted by Crippen LogP contribution is 2.34. The molecule has 6 heteroatoms. The van der Waals surface area contributed by atoms with Crippen molar-refractivity contribution in [3.05, 3.63) is 35.9 Å². The molecule has 1 aromatic rings. The highest BCUT2D eigenvalue weighted by Gasteiger charge is 2.43. The summed E-state index contributed by atoms with van der Waals surface area (Å²) in [5, 5.41) is 0. The predicted octanol–water partition coefficient (Wildman–Crippen LogP) is 2.40. The van der Waals surface area contributed by atoms with Crippen LogP contribution >= 0.6 is 0 Å². The number of alkyl halides is 3. The van der Waals surface area contributed by atoms with E-state index in [2.05, 4.69) is 4.74 Å². The average Bonchev–Trinajstić information content (AvgIpc) is 2.39. The standard InChI is InChI=1S/C13H16F3NO2/c1-19-11(18)12(9-17,7-8-13(14,15)16)10-5-3-2-4-6-10/h2-6H,7-9,17H2,1H3. The molecule has 1 unspecified atom stereocenters. The second-order valence-electron chi connectivity index (χ2n) is 4.26. The van der Waals surface area contributed by atoms with E-state index in [1.54, 1.807) is 30.3 Å². The van der Waals surface area contributed by atoms with Crippen LogP contribution in [0, 0.1) is 0 Å². The summed E-state index contributed by atoms with van der Waals surface area (Å²) in [6.45, 7) is -0.236. The first-order chi connectivity index (χ1) is 8.85. The molecule has 3 nitrogen and oxygen atoms in total. The Morgan fingerprint density at radius 1 is 1.21 bits per heavy atom. The fraction of sp³-hybridized carbons (Fsp3) is 0.462. The van der Waals surface area contributed by atoms with Crippen LogP contribution in [-0.2, 0) is 14.9 Å². The molecule has 1 atom stereocenters. The molecule has 0 fully saturated rings. The molecule has 0 aromatic heterocycles. The lowest BCUT2D eigenvalue weighted by molar-refractivity contribution is -0.154. The zero-order chi connectivity index (χ0) is 14.5. The van der Waals surface area contributed by atoms with Crippen molar-refractivity contribution in [3.8, 4) is 0 Å². The molecule has 0 heterocycles. The van der Waals surface area contributed by atoms with Crippen molar-refractivity contribution in [3.63, 3.8) is 0 Å². The lowest BCUT2D eigenvalue weighted by Gasteiger charge is -2.30. The molecule has 0 spiro atoms. The van der Waals surface area contributed by atoms with Gasteiger partial charge in [-0.05, 0) is 12.0 Å². The zero-order valence-corrected chi connectivity index (χ0v) is 10.5. The van der Waals surface area contributed by atoms with Gasteiger partial charge in [0.15, 0.2) is 0 Å². The summed E-state index contributed by atoms with van der Waals surface area (Å²) in [4.78, 5) is 11.9. The van der Waals surface area contributed by atoms with Crippen molar-refractivity contribution in [2.24, 2.45) is 5.73 Å². The molecule has 0 aliphatic heterocycles. The number of halogens is 3. The third-order valence-electron chi connectivity index (χ3n) is 3.09. The molecule has 1 rings (SSSR count). The van der Waals surface area contributed by atoms with Gasteiger partial charge in [0, 0.05) is 13.0 Å². The maximum atomic E-state index is 12.4. The highest BCUT2D eigenvalue weighted by atomic mass is 19.4. The fourth-order valence-corrected chi connectivity index (χ4v) is 1.98. The first-order valence-corrected chi connectivity index (χ1v) is 5.76. The Hall–Kier alpha value is -1.56. The summed E-state index contributed by atoms with van der Waals surface area (Å²) in [5.41, 5.74) is 4.56. The summed E-state index contributed by atoms with van der Waals surface area (Å²) in [6.07, 6.45) is -5.86. The van der Waals surface area contributed by atoms with E-state index in [1.165, 1.54) is 0 Å². The van der Waals surface area contributed by atoms with Crippen LogP contribution in [0.4, 0.5) is 13.2 Å². The van der Waals surface area contributed by atoms with E-state index < -0.39 is 30.4 Å². The number of rotatable bonds is 5. The van der Waals surface area contributed by atoms with Crippen molar-refractivity contribution >= 4 is 5.97 Å². The van der Waals surface area contributed by atoms with E-state index in [4.69, 9.17) is 5.73 Å². The lowest BCUT2D eigenvalue weighted by Crippen LogP contribution is -2.44. The van der Waals surface area contributed by atoms with Crippen molar-refractivity contribution in [2.75, 3.05) is 13.7 Å². The number of ether oxygens (including phenoxy) is 1. The second-order valence-corrected chi connectivity index (χ2v) is 4.26. The number of esters is 1. The van der Waals surface area contributed by atoms with Gasteiger partial charge in [0.2, 0.25) is 0 Å². The van der Waals surface area contributed by atoms with Gasteiger partial charge in [0.1, 0.15) is 5.41 Å². The Morgan fingerprint density at radius 2 is 1.79 bits per heavy atom. The SMILES string of the molecule is COC(=O)C(CN)(CCC(F)(F)F)c1ccccc1. The van der Waals surface area contributed by atoms with Crippen molar-refractivity contribution in [1.82, 2.24) is 0 Å². The monoisotopic (exact) mass is 275 g/mol. The topological polar surface area (TPSA) is 52.3 Å². The van der Waals surface area contributed by atoms with E-state index in [-0.39, 0.29) is 6.54 Å². The summed E-state index contributed by atoms with van der Waals surface area (Å²) in [5.74, 6) is -0.745. The normalized spacial score (nSPS) is 14.8. The highest BCUT2D eigenvalue weighted by molar-refractivity contribution is 5.83. The van der Waals surface area contributed by atoms with Crippen LogP contribution in [0.25, 0.3) is 0 Å². The van der Waals surface area contributed by atoms with Gasteiger partial charge < -0.3 is 10.5 Å². The summed E-state index contributed by atoms with van der Waals surface area (Å²) < 4.78 is 41.9. The van der Waals surface area contributed by atoms with Crippen molar-refractivity contribution < 1.29 is 22.7 Å². The number of nitrogens with two attached hydrogens (primary N) is 1. The molecule has 1 aromatic carbocycles. The molecule has 0 amide bonds. The van der Waals surface area contributed by atoms with Crippen LogP contribution in [0.3, 0.4) is 0 Å². The minimum absolute atomic E-state index is 0.236. The minimum Gasteiger partial charge on any atom is -0.468 e. The number of hydrogen-bond acceptors (Lipinski definition) is 3. The fourth-order valence-electron chi connectivity index (χ4n) is 1.98. The maximum absolute atomic E-state index is 12.4. The Labute approximate surface area is 109 Å². The molecule has 106 valence electrons. The molecule has 0 aliphatic carbocycles. The van der Waals surface area contributed by atoms with Gasteiger partial charge >= 0.3 is 12.1 Å². The molecule has 0 saturated heterocycles. The predicted molar refractivity (Wildman–Crippen MR) is 64.5 cm³/mol. The Balaban J connectivity index is 3.12. The largest absolute Gasteiger partial charge is 0.468 e. The van der Waals surface area contributed by atoms with Gasteiger partial charge in [-0.1, -0.05) is 30.3 Å². The van der Waals surface area contributed by atoms with Crippen LogP contribution in [0.1, 0.15) is 18.4 Å². The van der Waals surface area contributed by atoms with Gasteiger partial charge in [-0.15, -0.1) is 0 Å². The van der Waals surface area contributed by atoms with Gasteiger partial charge in [-0.3, -0.25) is 4.79 Å². The van der Waals surface area contributed by atoms with Crippen LogP contribution in [0.2, 0.25) is 0 Å². The first kappa shape index (κ1) is 15.5. The quantitative estimate of drug-likeness (QED) is 0.839. The van der Waals surface area contributed by atoms with Crippen LogP contribution in [-0.4, -0.2) is 25.8 Å². The summed E-state index contributed by atoms with van der Waals surface area (Å²) in [6, 6.07) is 8.18. The summed E-state index contributed by atoms with van der Waals surface area (Å²) in [7, 11) is 1.14. The maximum Gasteiger partial charge on any atom is 0.389 e. The zero-order valence-electron chi connectivity index (χ0n) is 10.5. The third-order valence-corrected chi connectivity index (χ3v) is 3.09. The van der Waals surface area contributed by atoms with Gasteiger partial charge in [-0.2, -0.15) is 13.2 Å². The molecule has 0 radical (unpaired) electrons. The molecule has 0 bridgehead atoms. The molecule has 0 aliphatic rings. The molecule has 0 saturated carbocycles. The van der Waals surface area contributed by atoms with E-state index in [0.29, 0.717) is 5.56 Å². The molecular weight excluding hydrogens is 259 g/mol. The molecule has 19 heavy (non-hydrogen) atoms. The number of carbonyl (C=O) groups excluding carboxylic acids is 1. The Kier molecular flexibility index (Phi) is 4.94.